The van der Waals surface area contributed by atoms with E-state index in [9.17, 15) is 0 Å². The SMILES string of the molecule is C[Si](C)=[Ti+2].Cc1cc(-c2cc3ccccc3[cH-]2)c2ccccc2c1.Cc1cc2ccccc2[cH-]1.[Cl-].[Cl-]. The van der Waals surface area contributed by atoms with Crippen LogP contribution in [0.3, 0.4) is 0 Å². The van der Waals surface area contributed by atoms with Crippen LogP contribution in [0, 0.1) is 13.8 Å². The average molecular weight is 561 g/mol. The summed E-state index contributed by atoms with van der Waals surface area (Å²) >= 11 is 2.27. The number of rotatable bonds is 1. The van der Waals surface area contributed by atoms with E-state index >= 15 is 0 Å². The Labute approximate surface area is 239 Å². The van der Waals surface area contributed by atoms with E-state index in [1.807, 2.05) is 0 Å². The summed E-state index contributed by atoms with van der Waals surface area (Å²) in [6, 6.07) is 39.1. The molecule has 0 saturated heterocycles. The van der Waals surface area contributed by atoms with E-state index in [0.717, 1.165) is 0 Å². The third kappa shape index (κ3) is 7.68. The molecule has 0 nitrogen and oxygen atoms in total. The molecule has 6 rings (SSSR count). The normalized spacial score (nSPS) is 9.94. The van der Waals surface area contributed by atoms with Gasteiger partial charge >= 0.3 is 38.5 Å². The largest absolute Gasteiger partial charge is 1.00 e. The molecule has 0 unspecified atom stereocenters. The van der Waals surface area contributed by atoms with Crippen LogP contribution in [0.5, 0.6) is 0 Å². The number of benzene rings is 4. The van der Waals surface area contributed by atoms with Crippen molar-refractivity contribution in [2.24, 2.45) is 0 Å². The van der Waals surface area contributed by atoms with Crippen LogP contribution in [0.1, 0.15) is 11.1 Å². The van der Waals surface area contributed by atoms with Crippen LogP contribution in [0.4, 0.5) is 0 Å². The molecule has 0 fully saturated rings. The summed E-state index contributed by atoms with van der Waals surface area (Å²) in [4.78, 5) is 0. The summed E-state index contributed by atoms with van der Waals surface area (Å²) in [6.07, 6.45) is 0.120. The van der Waals surface area contributed by atoms with Crippen molar-refractivity contribution in [3.05, 3.63) is 120 Å². The van der Waals surface area contributed by atoms with Crippen molar-refractivity contribution >= 4 is 38.5 Å². The molecule has 182 valence electrons. The number of hydrogen-bond donors (Lipinski definition) is 0. The van der Waals surface area contributed by atoms with Gasteiger partial charge in [-0.3, -0.25) is 0 Å². The molecule has 0 atom stereocenters. The predicted molar refractivity (Wildman–Crippen MR) is 149 cm³/mol. The molecule has 0 amide bonds. The van der Waals surface area contributed by atoms with E-state index in [2.05, 4.69) is 155 Å². The number of fused-ring (bicyclic) bond motifs is 3. The molecule has 0 spiro atoms. The van der Waals surface area contributed by atoms with Crippen LogP contribution in [-0.4, -0.2) is 6.19 Å². The van der Waals surface area contributed by atoms with Gasteiger partial charge in [0.15, 0.2) is 0 Å². The van der Waals surface area contributed by atoms with E-state index in [0.29, 0.717) is 0 Å². The molecule has 0 aromatic heterocycles. The maximum absolute atomic E-state index is 2.29. The summed E-state index contributed by atoms with van der Waals surface area (Å²) < 4.78 is 0. The first-order chi connectivity index (χ1) is 16.4. The van der Waals surface area contributed by atoms with Crippen molar-refractivity contribution in [1.82, 2.24) is 0 Å². The van der Waals surface area contributed by atoms with Gasteiger partial charge in [0, 0.05) is 0 Å². The second-order valence-corrected chi connectivity index (χ2v) is 15.8. The Morgan fingerprint density at radius 1 is 0.611 bits per heavy atom. The van der Waals surface area contributed by atoms with Gasteiger partial charge in [0.2, 0.25) is 0 Å². The molecule has 0 saturated carbocycles. The van der Waals surface area contributed by atoms with Crippen molar-refractivity contribution in [2.75, 3.05) is 0 Å². The number of halogens is 2. The van der Waals surface area contributed by atoms with Gasteiger partial charge in [0.05, 0.1) is 0 Å². The standard InChI is InChI=1S/C20H15.C10H9.C2H6Si.2ClH.Ti/c1-14-10-17-8-4-5-9-19(17)20(11-14)18-12-15-6-2-3-7-16(15)13-18;1-8-6-9-4-2-3-5-10(9)7-8;1-3-2;;;/h2-13H,1H3;2-7H,1H3;1-2H3;2*1H;/q2*-1;;;;+2/p-2. The molecule has 0 heterocycles. The molecule has 6 aromatic carbocycles. The zero-order valence-electron chi connectivity index (χ0n) is 21.1. The van der Waals surface area contributed by atoms with Gasteiger partial charge < -0.3 is 24.8 Å². The van der Waals surface area contributed by atoms with Crippen molar-refractivity contribution in [3.63, 3.8) is 0 Å². The van der Waals surface area contributed by atoms with Crippen LogP contribution >= 0.6 is 0 Å². The topological polar surface area (TPSA) is 0 Å². The molecule has 0 aliphatic rings. The van der Waals surface area contributed by atoms with Gasteiger partial charge in [-0.2, -0.15) is 6.07 Å². The smallest absolute Gasteiger partial charge is 0.0250 e. The quantitative estimate of drug-likeness (QED) is 0.214. The molecule has 4 heteroatoms. The van der Waals surface area contributed by atoms with E-state index in [1.165, 1.54) is 54.6 Å². The second kappa shape index (κ2) is 14.0. The third-order valence-corrected chi connectivity index (χ3v) is 5.70. The van der Waals surface area contributed by atoms with Gasteiger partial charge in [-0.05, 0) is 17.7 Å². The van der Waals surface area contributed by atoms with Crippen LogP contribution in [0.25, 0.3) is 43.4 Å². The minimum atomic E-state index is 0. The van der Waals surface area contributed by atoms with Crippen molar-refractivity contribution < 1.29 is 44.0 Å². The predicted octanol–water partition coefficient (Wildman–Crippen LogP) is 3.35. The molecule has 0 aliphatic heterocycles. The monoisotopic (exact) mass is 560 g/mol. The maximum Gasteiger partial charge on any atom is -0.0250 e. The first kappa shape index (κ1) is 30.1. The number of aryl methyl sites for hydroxylation is 2. The van der Waals surface area contributed by atoms with E-state index < -0.39 is 0 Å². The minimum absolute atomic E-state index is 0. The van der Waals surface area contributed by atoms with Gasteiger partial charge in [-0.25, -0.2) is 0 Å². The molecular weight excluding hydrogens is 531 g/mol. The molecule has 0 radical (unpaired) electrons. The van der Waals surface area contributed by atoms with Crippen LogP contribution in [-0.2, 0) is 19.2 Å². The van der Waals surface area contributed by atoms with Gasteiger partial charge in [0.25, 0.3) is 0 Å². The van der Waals surface area contributed by atoms with Crippen LogP contribution in [0.2, 0.25) is 13.1 Å². The Hall–Kier alpha value is -2.13. The second-order valence-electron chi connectivity index (χ2n) is 9.07. The van der Waals surface area contributed by atoms with E-state index in [1.54, 1.807) is 0 Å². The molecule has 0 aliphatic carbocycles. The van der Waals surface area contributed by atoms with E-state index in [-0.39, 0.29) is 31.0 Å². The van der Waals surface area contributed by atoms with Gasteiger partial charge in [-0.15, -0.1) is 75.1 Å². The fourth-order valence-electron chi connectivity index (χ4n) is 4.31. The van der Waals surface area contributed by atoms with Crippen LogP contribution in [0.15, 0.2) is 109 Å². The zero-order chi connectivity index (χ0) is 24.1. The van der Waals surface area contributed by atoms with Crippen molar-refractivity contribution in [3.8, 4) is 11.1 Å². The average Bonchev–Trinajstić information content (AvgIpc) is 3.41. The zero-order valence-corrected chi connectivity index (χ0v) is 25.2. The molecule has 0 N–H and O–H groups in total. The molecule has 0 bridgehead atoms. The van der Waals surface area contributed by atoms with Gasteiger partial charge in [-0.1, -0.05) is 78.7 Å². The summed E-state index contributed by atoms with van der Waals surface area (Å²) in [5, 5.41) is 7.96. The molecule has 6 aromatic rings. The first-order valence-electron chi connectivity index (χ1n) is 11.7. The Bertz CT molecular complexity index is 1510. The fourth-order valence-corrected chi connectivity index (χ4v) is 4.31. The van der Waals surface area contributed by atoms with Crippen LogP contribution < -0.4 is 24.8 Å². The Morgan fingerprint density at radius 3 is 1.69 bits per heavy atom. The Kier molecular flexibility index (Phi) is 11.7. The van der Waals surface area contributed by atoms with Crippen molar-refractivity contribution in [1.29, 1.82) is 0 Å². The number of hydrogen-bond acceptors (Lipinski definition) is 0. The maximum atomic E-state index is 2.29. The summed E-state index contributed by atoms with van der Waals surface area (Å²) in [5.74, 6) is 0. The third-order valence-electron chi connectivity index (χ3n) is 5.70. The first-order valence-corrected chi connectivity index (χ1v) is 16.5. The summed E-state index contributed by atoms with van der Waals surface area (Å²) in [7, 11) is 0. The Morgan fingerprint density at radius 2 is 1.11 bits per heavy atom. The van der Waals surface area contributed by atoms with E-state index in [4.69, 9.17) is 0 Å². The minimum Gasteiger partial charge on any atom is -1.00 e. The fraction of sp³-hybridized carbons (Fsp3) is 0.125. The summed E-state index contributed by atoms with van der Waals surface area (Å²) in [5.41, 5.74) is 5.30. The molecular formula is C32H30Cl2SiTi-2. The van der Waals surface area contributed by atoms with Gasteiger partial charge in [0.1, 0.15) is 0 Å². The molecule has 36 heavy (non-hydrogen) atoms. The Balaban J connectivity index is 0.000000241. The summed E-state index contributed by atoms with van der Waals surface area (Å²) in [6.45, 7) is 8.83. The van der Waals surface area contributed by atoms with Crippen molar-refractivity contribution in [2.45, 2.75) is 26.9 Å².